The van der Waals surface area contributed by atoms with Gasteiger partial charge in [-0.15, -0.1) is 0 Å². The molecule has 0 aliphatic heterocycles. The van der Waals surface area contributed by atoms with Gasteiger partial charge in [-0.2, -0.15) is 0 Å². The minimum Gasteiger partial charge on any atom is -0.364 e. The second kappa shape index (κ2) is 4.09. The van der Waals surface area contributed by atoms with E-state index in [0.717, 1.165) is 6.61 Å². The van der Waals surface area contributed by atoms with E-state index in [1.165, 1.54) is 0 Å². The molecular formula is C5H12NO. The highest BCUT2D eigenvalue weighted by atomic mass is 16.5. The van der Waals surface area contributed by atoms with E-state index in [-0.39, 0.29) is 6.23 Å². The normalized spacial score (nSPS) is 14.1. The lowest BCUT2D eigenvalue weighted by Gasteiger charge is -2.07. The van der Waals surface area contributed by atoms with Crippen LogP contribution in [0.15, 0.2) is 0 Å². The maximum atomic E-state index is 4.97. The molecule has 0 saturated carbocycles. The van der Waals surface area contributed by atoms with Gasteiger partial charge in [0.15, 0.2) is 0 Å². The monoisotopic (exact) mass is 102 g/mol. The van der Waals surface area contributed by atoms with E-state index < -0.39 is 0 Å². The zero-order valence-electron chi connectivity index (χ0n) is 4.90. The van der Waals surface area contributed by atoms with E-state index in [2.05, 4.69) is 12.2 Å². The Morgan fingerprint density at radius 3 is 2.57 bits per heavy atom. The largest absolute Gasteiger partial charge is 0.364 e. The van der Waals surface area contributed by atoms with Crippen molar-refractivity contribution < 1.29 is 4.74 Å². The zero-order valence-corrected chi connectivity index (χ0v) is 4.90. The van der Waals surface area contributed by atoms with Gasteiger partial charge in [0.05, 0.1) is 0 Å². The van der Waals surface area contributed by atoms with Crippen molar-refractivity contribution in [1.29, 1.82) is 0 Å². The third-order valence-corrected chi connectivity index (χ3v) is 0.690. The lowest BCUT2D eigenvalue weighted by atomic mass is 10.6. The number of hydrogen-bond acceptors (Lipinski definition) is 2. The van der Waals surface area contributed by atoms with Crippen LogP contribution in [0.1, 0.15) is 6.92 Å². The van der Waals surface area contributed by atoms with Gasteiger partial charge in [0.25, 0.3) is 0 Å². The highest BCUT2D eigenvalue weighted by Crippen LogP contribution is 1.78. The number of nitrogens with one attached hydrogen (secondary N) is 1. The fourth-order valence-electron chi connectivity index (χ4n) is 0.285. The van der Waals surface area contributed by atoms with Crippen LogP contribution in [0, 0.1) is 6.92 Å². The Bertz CT molecular complexity index is 39.1. The maximum Gasteiger partial charge on any atom is 0.108 e. The maximum absolute atomic E-state index is 4.97. The van der Waals surface area contributed by atoms with Crippen molar-refractivity contribution in [3.05, 3.63) is 6.92 Å². The van der Waals surface area contributed by atoms with Gasteiger partial charge in [0.1, 0.15) is 6.23 Å². The van der Waals surface area contributed by atoms with E-state index in [9.17, 15) is 0 Å². The van der Waals surface area contributed by atoms with E-state index in [1.54, 1.807) is 0 Å². The van der Waals surface area contributed by atoms with E-state index in [0.29, 0.717) is 0 Å². The predicted octanol–water partition coefficient (Wildman–Crippen LogP) is 0.402. The molecule has 7 heavy (non-hydrogen) atoms. The summed E-state index contributed by atoms with van der Waals surface area (Å²) in [6.45, 7) is 6.27. The fourth-order valence-corrected chi connectivity index (χ4v) is 0.285. The fraction of sp³-hybridized carbons (Fsp3) is 0.800. The third-order valence-electron chi connectivity index (χ3n) is 0.690. The van der Waals surface area contributed by atoms with Crippen LogP contribution >= 0.6 is 0 Å². The Morgan fingerprint density at radius 1 is 1.86 bits per heavy atom. The first-order valence-electron chi connectivity index (χ1n) is 2.43. The molecule has 0 rings (SSSR count). The van der Waals surface area contributed by atoms with Gasteiger partial charge in [-0.05, 0) is 20.9 Å². The minimum absolute atomic E-state index is 0.0509. The topological polar surface area (TPSA) is 21.3 Å². The van der Waals surface area contributed by atoms with Crippen LogP contribution < -0.4 is 5.32 Å². The van der Waals surface area contributed by atoms with Crippen molar-refractivity contribution in [1.82, 2.24) is 5.32 Å². The lowest BCUT2D eigenvalue weighted by molar-refractivity contribution is 0.0763. The first kappa shape index (κ1) is 6.92. The predicted molar refractivity (Wildman–Crippen MR) is 29.8 cm³/mol. The molecule has 0 spiro atoms. The molecule has 1 N–H and O–H groups in total. The zero-order chi connectivity index (χ0) is 5.70. The average Bonchev–Trinajstić information content (AvgIpc) is 1.68. The van der Waals surface area contributed by atoms with Gasteiger partial charge < -0.3 is 4.74 Å². The smallest absolute Gasteiger partial charge is 0.108 e. The highest BCUT2D eigenvalue weighted by molar-refractivity contribution is 4.49. The molecular weight excluding hydrogens is 90.1 g/mol. The van der Waals surface area contributed by atoms with Crippen molar-refractivity contribution in [2.24, 2.45) is 0 Å². The van der Waals surface area contributed by atoms with Gasteiger partial charge >= 0.3 is 0 Å². The molecule has 1 unspecified atom stereocenters. The minimum atomic E-state index is -0.0509. The molecule has 0 aromatic heterocycles. The van der Waals surface area contributed by atoms with Crippen LogP contribution in [0.5, 0.6) is 0 Å². The Hall–Kier alpha value is -0.0800. The average molecular weight is 102 g/mol. The molecule has 0 heterocycles. The summed E-state index contributed by atoms with van der Waals surface area (Å²) in [4.78, 5) is 0. The Kier molecular flexibility index (Phi) is 4.04. The van der Waals surface area contributed by atoms with E-state index in [1.807, 2.05) is 14.0 Å². The van der Waals surface area contributed by atoms with Crippen LogP contribution in [0.3, 0.4) is 0 Å². The van der Waals surface area contributed by atoms with Crippen molar-refractivity contribution in [2.45, 2.75) is 13.2 Å². The first-order chi connectivity index (χ1) is 3.31. The van der Waals surface area contributed by atoms with Crippen molar-refractivity contribution in [2.75, 3.05) is 13.7 Å². The molecule has 0 fully saturated rings. The molecule has 0 bridgehead atoms. The molecule has 2 heteroatoms. The van der Waals surface area contributed by atoms with Crippen molar-refractivity contribution in [3.63, 3.8) is 0 Å². The molecule has 1 atom stereocenters. The summed E-state index contributed by atoms with van der Waals surface area (Å²) in [6, 6.07) is 0. The van der Waals surface area contributed by atoms with Crippen LogP contribution in [-0.2, 0) is 4.74 Å². The summed E-state index contributed by atoms with van der Waals surface area (Å²) in [5.41, 5.74) is 0. The van der Waals surface area contributed by atoms with Crippen LogP contribution in [0.2, 0.25) is 0 Å². The van der Waals surface area contributed by atoms with Crippen LogP contribution in [0.25, 0.3) is 0 Å². The molecule has 0 aliphatic carbocycles. The molecule has 43 valence electrons. The van der Waals surface area contributed by atoms with E-state index >= 15 is 0 Å². The standard InChI is InChI=1S/C5H12NO/c1-4-7-5(2)6-3/h5-6H,2,4H2,1,3H3. The van der Waals surface area contributed by atoms with Crippen LogP contribution in [-0.4, -0.2) is 19.9 Å². The highest BCUT2D eigenvalue weighted by Gasteiger charge is 1.90. The lowest BCUT2D eigenvalue weighted by Crippen LogP contribution is -2.24. The molecule has 0 amide bonds. The summed E-state index contributed by atoms with van der Waals surface area (Å²) in [7, 11) is 1.81. The summed E-state index contributed by atoms with van der Waals surface area (Å²) in [5.74, 6) is 0. The van der Waals surface area contributed by atoms with E-state index in [4.69, 9.17) is 4.74 Å². The van der Waals surface area contributed by atoms with Crippen molar-refractivity contribution >= 4 is 0 Å². The van der Waals surface area contributed by atoms with Crippen molar-refractivity contribution in [3.8, 4) is 0 Å². The number of ether oxygens (including phenoxy) is 1. The summed E-state index contributed by atoms with van der Waals surface area (Å²) in [6.07, 6.45) is -0.0509. The second-order valence-electron chi connectivity index (χ2n) is 1.23. The Balaban J connectivity index is 2.83. The summed E-state index contributed by atoms with van der Waals surface area (Å²) < 4.78 is 4.97. The molecule has 0 aromatic carbocycles. The van der Waals surface area contributed by atoms with Crippen LogP contribution in [0.4, 0.5) is 0 Å². The Labute approximate surface area is 44.9 Å². The third kappa shape index (κ3) is 3.76. The summed E-state index contributed by atoms with van der Waals surface area (Å²) >= 11 is 0. The number of hydrogen-bond donors (Lipinski definition) is 1. The van der Waals surface area contributed by atoms with Gasteiger partial charge in [-0.1, -0.05) is 0 Å². The summed E-state index contributed by atoms with van der Waals surface area (Å²) in [5, 5.41) is 2.83. The second-order valence-corrected chi connectivity index (χ2v) is 1.23. The van der Waals surface area contributed by atoms with Gasteiger partial charge in [-0.3, -0.25) is 5.32 Å². The molecule has 0 aliphatic rings. The SMILES string of the molecule is [CH2]C(NC)OCC. The number of rotatable bonds is 3. The van der Waals surface area contributed by atoms with Gasteiger partial charge in [0.2, 0.25) is 0 Å². The molecule has 2 nitrogen and oxygen atoms in total. The molecule has 0 aromatic rings. The molecule has 0 saturated heterocycles. The van der Waals surface area contributed by atoms with Gasteiger partial charge in [-0.25, -0.2) is 0 Å². The quantitative estimate of drug-likeness (QED) is 0.521. The van der Waals surface area contributed by atoms with Gasteiger partial charge in [0, 0.05) is 6.61 Å². The molecule has 1 radical (unpaired) electrons. The Morgan fingerprint density at radius 2 is 2.43 bits per heavy atom. The first-order valence-corrected chi connectivity index (χ1v) is 2.43.